The van der Waals surface area contributed by atoms with E-state index in [1.165, 1.54) is 0 Å². The molecule has 1 saturated heterocycles. The van der Waals surface area contributed by atoms with Crippen LogP contribution in [0, 0.1) is 0 Å². The van der Waals surface area contributed by atoms with Crippen LogP contribution in [0.1, 0.15) is 6.42 Å². The minimum Gasteiger partial charge on any atom is -0.266 e. The van der Waals surface area contributed by atoms with Crippen LogP contribution >= 0.6 is 0 Å². The van der Waals surface area contributed by atoms with Gasteiger partial charge in [0.1, 0.15) is 6.10 Å². The average Bonchev–Trinajstić information content (AvgIpc) is 2.51. The molecule has 0 aliphatic carbocycles. The maximum atomic E-state index is 11.6. The molecular weight excluding hydrogens is 289 g/mol. The molecule has 0 aromatic heterocycles. The molecule has 6 nitrogen and oxygen atoms in total. The molecule has 0 aromatic rings. The van der Waals surface area contributed by atoms with Crippen molar-refractivity contribution in [1.82, 2.24) is 0 Å². The third-order valence-electron chi connectivity index (χ3n) is 1.64. The van der Waals surface area contributed by atoms with Crippen molar-refractivity contribution in [3.05, 3.63) is 0 Å². The molecule has 1 fully saturated rings. The fourth-order valence-electron chi connectivity index (χ4n) is 0.971. The van der Waals surface area contributed by atoms with E-state index >= 15 is 0 Å². The molecule has 2 unspecified atom stereocenters. The number of halogens is 3. The van der Waals surface area contributed by atoms with Crippen molar-refractivity contribution >= 4 is 21.5 Å². The molecule has 1 aliphatic heterocycles. The molecule has 1 heterocycles. The summed E-state index contributed by atoms with van der Waals surface area (Å²) >= 11 is -2.58. The monoisotopic (exact) mass is 298 g/mol. The van der Waals surface area contributed by atoms with E-state index < -0.39 is 47.0 Å². The second-order valence-corrected chi connectivity index (χ2v) is 5.73. The third-order valence-corrected chi connectivity index (χ3v) is 3.58. The first-order valence-electron chi connectivity index (χ1n) is 4.34. The minimum absolute atomic E-state index is 0.138. The number of alkyl halides is 3. The molecular formula is C6H9F3O6S2. The van der Waals surface area contributed by atoms with Gasteiger partial charge in [-0.15, -0.1) is 0 Å². The first-order chi connectivity index (χ1) is 7.68. The summed E-state index contributed by atoms with van der Waals surface area (Å²) in [6.45, 7) is -2.12. The quantitative estimate of drug-likeness (QED) is 0.678. The zero-order chi connectivity index (χ0) is 13.1. The predicted molar refractivity (Wildman–Crippen MR) is 49.4 cm³/mol. The second kappa shape index (κ2) is 5.61. The van der Waals surface area contributed by atoms with E-state index in [-0.39, 0.29) is 12.2 Å². The summed E-state index contributed by atoms with van der Waals surface area (Å²) in [5.41, 5.74) is 0. The Morgan fingerprint density at radius 1 is 1.35 bits per heavy atom. The average molecular weight is 298 g/mol. The highest BCUT2D eigenvalue weighted by Crippen LogP contribution is 2.18. The van der Waals surface area contributed by atoms with Crippen LogP contribution in [0.15, 0.2) is 0 Å². The highest BCUT2D eigenvalue weighted by atomic mass is 32.2. The van der Waals surface area contributed by atoms with Crippen molar-refractivity contribution in [3.8, 4) is 0 Å². The fraction of sp³-hybridized carbons (Fsp3) is 1.00. The van der Waals surface area contributed by atoms with Gasteiger partial charge in [0.2, 0.25) is 0 Å². The highest BCUT2D eigenvalue weighted by Gasteiger charge is 2.31. The van der Waals surface area contributed by atoms with Crippen LogP contribution in [-0.4, -0.2) is 43.9 Å². The standard InChI is InChI=1S/C6H9F3O6S2/c7-6(8,9)4-14-16(10)13-3-5-1-2-17(11,12)15-5/h5H,1-4H2. The van der Waals surface area contributed by atoms with Crippen molar-refractivity contribution in [3.63, 3.8) is 0 Å². The maximum absolute atomic E-state index is 11.6. The first kappa shape index (κ1) is 14.8. The summed E-state index contributed by atoms with van der Waals surface area (Å²) in [4.78, 5) is 0. The van der Waals surface area contributed by atoms with E-state index in [2.05, 4.69) is 12.5 Å². The van der Waals surface area contributed by atoms with Gasteiger partial charge < -0.3 is 0 Å². The Morgan fingerprint density at radius 3 is 2.47 bits per heavy atom. The SMILES string of the molecule is O=S(OCC1CCS(=O)(=O)O1)OCC(F)(F)F. The summed E-state index contributed by atoms with van der Waals surface area (Å²) in [6.07, 6.45) is -5.30. The van der Waals surface area contributed by atoms with Crippen molar-refractivity contribution in [2.75, 3.05) is 19.0 Å². The van der Waals surface area contributed by atoms with Crippen molar-refractivity contribution in [2.24, 2.45) is 0 Å². The topological polar surface area (TPSA) is 78.9 Å². The smallest absolute Gasteiger partial charge is 0.266 e. The van der Waals surface area contributed by atoms with Crippen LogP contribution in [0.4, 0.5) is 13.2 Å². The van der Waals surface area contributed by atoms with Crippen LogP contribution < -0.4 is 0 Å². The van der Waals surface area contributed by atoms with Gasteiger partial charge in [0.25, 0.3) is 10.1 Å². The van der Waals surface area contributed by atoms with Gasteiger partial charge in [-0.3, -0.25) is 12.5 Å². The van der Waals surface area contributed by atoms with E-state index in [0.717, 1.165) is 0 Å². The van der Waals surface area contributed by atoms with Crippen LogP contribution in [-0.2, 0) is 34.0 Å². The lowest BCUT2D eigenvalue weighted by atomic mass is 10.3. The highest BCUT2D eigenvalue weighted by molar-refractivity contribution is 7.86. The fourth-order valence-corrected chi connectivity index (χ4v) is 2.75. The van der Waals surface area contributed by atoms with Crippen LogP contribution in [0.5, 0.6) is 0 Å². The summed E-state index contributed by atoms with van der Waals surface area (Å²) in [7, 11) is -3.58. The summed E-state index contributed by atoms with van der Waals surface area (Å²) in [5, 5.41) is 0. The van der Waals surface area contributed by atoms with E-state index in [9.17, 15) is 25.8 Å². The lowest BCUT2D eigenvalue weighted by molar-refractivity contribution is -0.153. The number of hydrogen-bond donors (Lipinski definition) is 0. The third kappa shape index (κ3) is 6.31. The first-order valence-corrected chi connectivity index (χ1v) is 6.92. The van der Waals surface area contributed by atoms with Gasteiger partial charge in [0.05, 0.1) is 12.4 Å². The Morgan fingerprint density at radius 2 is 2.00 bits per heavy atom. The Hall–Kier alpha value is -0.230. The van der Waals surface area contributed by atoms with Crippen LogP contribution in [0.3, 0.4) is 0 Å². The lowest BCUT2D eigenvalue weighted by Gasteiger charge is -2.08. The normalized spacial score (nSPS) is 25.9. The molecule has 0 amide bonds. The molecule has 0 N–H and O–H groups in total. The van der Waals surface area contributed by atoms with Crippen LogP contribution in [0.2, 0.25) is 0 Å². The molecule has 1 aliphatic rings. The predicted octanol–water partition coefficient (Wildman–Crippen LogP) is 0.279. The molecule has 0 saturated carbocycles. The van der Waals surface area contributed by atoms with Crippen molar-refractivity contribution in [2.45, 2.75) is 18.7 Å². The van der Waals surface area contributed by atoms with E-state index in [1.807, 2.05) is 0 Å². The van der Waals surface area contributed by atoms with E-state index in [1.54, 1.807) is 0 Å². The Labute approximate surface area is 98.0 Å². The molecule has 0 bridgehead atoms. The van der Waals surface area contributed by atoms with Crippen LogP contribution in [0.25, 0.3) is 0 Å². The van der Waals surface area contributed by atoms with Gasteiger partial charge in [-0.25, -0.2) is 0 Å². The molecule has 11 heteroatoms. The Kier molecular flexibility index (Phi) is 4.89. The van der Waals surface area contributed by atoms with Crippen molar-refractivity contribution < 1.29 is 38.3 Å². The molecule has 2 atom stereocenters. The number of rotatable bonds is 5. The molecule has 0 aromatic carbocycles. The molecule has 0 radical (unpaired) electrons. The van der Waals surface area contributed by atoms with Gasteiger partial charge in [-0.2, -0.15) is 25.8 Å². The largest absolute Gasteiger partial charge is 0.413 e. The Bertz CT molecular complexity index is 378. The lowest BCUT2D eigenvalue weighted by Crippen LogP contribution is -2.21. The molecule has 17 heavy (non-hydrogen) atoms. The minimum atomic E-state index is -4.60. The molecule has 102 valence electrons. The Balaban J connectivity index is 2.21. The molecule has 1 rings (SSSR count). The number of hydrogen-bond acceptors (Lipinski definition) is 6. The molecule has 0 spiro atoms. The zero-order valence-electron chi connectivity index (χ0n) is 8.31. The second-order valence-electron chi connectivity index (χ2n) is 3.13. The summed E-state index contributed by atoms with van der Waals surface area (Å²) in [5.74, 6) is -0.197. The van der Waals surface area contributed by atoms with Gasteiger partial charge in [-0.05, 0) is 6.42 Å². The zero-order valence-corrected chi connectivity index (χ0v) is 9.94. The summed E-state index contributed by atoms with van der Waals surface area (Å²) in [6, 6.07) is 0. The van der Waals surface area contributed by atoms with Gasteiger partial charge in [-0.1, -0.05) is 0 Å². The van der Waals surface area contributed by atoms with Gasteiger partial charge >= 0.3 is 17.5 Å². The van der Waals surface area contributed by atoms with Crippen molar-refractivity contribution in [1.29, 1.82) is 0 Å². The van der Waals surface area contributed by atoms with Gasteiger partial charge in [0, 0.05) is 0 Å². The summed E-state index contributed by atoms with van der Waals surface area (Å²) < 4.78 is 80.0. The maximum Gasteiger partial charge on any atom is 0.413 e. The van der Waals surface area contributed by atoms with E-state index in [0.29, 0.717) is 0 Å². The van der Waals surface area contributed by atoms with Gasteiger partial charge in [0.15, 0.2) is 6.61 Å². The van der Waals surface area contributed by atoms with E-state index in [4.69, 9.17) is 0 Å².